The molecule has 0 aromatic carbocycles. The number of rotatable bonds is 2. The van der Waals surface area contributed by atoms with Gasteiger partial charge >= 0.3 is 0 Å². The summed E-state index contributed by atoms with van der Waals surface area (Å²) in [5.74, 6) is 0. The zero-order valence-corrected chi connectivity index (χ0v) is 12.1. The zero-order valence-electron chi connectivity index (χ0n) is 11.3. The lowest BCUT2D eigenvalue weighted by atomic mass is 10.1. The second-order valence-electron chi connectivity index (χ2n) is 5.79. The van der Waals surface area contributed by atoms with Gasteiger partial charge in [0.2, 0.25) is 10.0 Å². The van der Waals surface area contributed by atoms with Crippen molar-refractivity contribution in [2.24, 2.45) is 0 Å². The smallest absolute Gasteiger partial charge is 0.220 e. The molecule has 2 heterocycles. The predicted molar refractivity (Wildman–Crippen MR) is 71.0 cm³/mol. The van der Waals surface area contributed by atoms with Crippen LogP contribution < -0.4 is 5.32 Å². The largest absolute Gasteiger partial charge is 0.377 e. The van der Waals surface area contributed by atoms with Crippen LogP contribution in [-0.4, -0.2) is 56.4 Å². The van der Waals surface area contributed by atoms with Crippen LogP contribution in [0.4, 0.5) is 0 Å². The first kappa shape index (κ1) is 14.2. The highest BCUT2D eigenvalue weighted by atomic mass is 32.2. The minimum absolute atomic E-state index is 0.0717. The standard InChI is InChI=1S/C12H24N2O3S/c1-12(2)10-13-6-7-14(18(12,15)16)9-11-5-3-4-8-17-11/h11,13H,3-10H2,1-2H3. The highest BCUT2D eigenvalue weighted by Crippen LogP contribution is 2.24. The van der Waals surface area contributed by atoms with E-state index in [9.17, 15) is 8.42 Å². The number of hydrogen-bond donors (Lipinski definition) is 1. The van der Waals surface area contributed by atoms with E-state index in [4.69, 9.17) is 4.74 Å². The van der Waals surface area contributed by atoms with Gasteiger partial charge in [-0.1, -0.05) is 0 Å². The molecule has 1 N–H and O–H groups in total. The van der Waals surface area contributed by atoms with Crippen LogP contribution in [0.15, 0.2) is 0 Å². The lowest BCUT2D eigenvalue weighted by molar-refractivity contribution is 0.00641. The lowest BCUT2D eigenvalue weighted by Crippen LogP contribution is -2.49. The molecule has 2 rings (SSSR count). The van der Waals surface area contributed by atoms with Crippen LogP contribution in [0.5, 0.6) is 0 Å². The van der Waals surface area contributed by atoms with E-state index in [0.29, 0.717) is 19.6 Å². The summed E-state index contributed by atoms with van der Waals surface area (Å²) in [7, 11) is -3.25. The van der Waals surface area contributed by atoms with Crippen molar-refractivity contribution >= 4 is 10.0 Å². The molecule has 2 aliphatic heterocycles. The molecule has 106 valence electrons. The van der Waals surface area contributed by atoms with E-state index < -0.39 is 14.8 Å². The van der Waals surface area contributed by atoms with Crippen molar-refractivity contribution in [2.75, 3.05) is 32.8 Å². The van der Waals surface area contributed by atoms with Gasteiger partial charge in [-0.2, -0.15) is 4.31 Å². The highest BCUT2D eigenvalue weighted by Gasteiger charge is 2.41. The Morgan fingerprint density at radius 1 is 1.39 bits per heavy atom. The van der Waals surface area contributed by atoms with Gasteiger partial charge in [0.1, 0.15) is 0 Å². The summed E-state index contributed by atoms with van der Waals surface area (Å²) in [6.07, 6.45) is 3.28. The fourth-order valence-corrected chi connectivity index (χ4v) is 4.20. The molecule has 0 amide bonds. The first-order valence-corrected chi connectivity index (χ1v) is 8.19. The Balaban J connectivity index is 2.09. The topological polar surface area (TPSA) is 58.6 Å². The molecule has 0 aromatic rings. The van der Waals surface area contributed by atoms with Crippen molar-refractivity contribution in [3.8, 4) is 0 Å². The Bertz CT molecular complexity index is 375. The van der Waals surface area contributed by atoms with Crippen molar-refractivity contribution in [3.05, 3.63) is 0 Å². The number of ether oxygens (including phenoxy) is 1. The maximum Gasteiger partial charge on any atom is 0.220 e. The average molecular weight is 276 g/mol. The van der Waals surface area contributed by atoms with Crippen molar-refractivity contribution in [1.29, 1.82) is 0 Å². The van der Waals surface area contributed by atoms with Crippen molar-refractivity contribution in [1.82, 2.24) is 9.62 Å². The van der Waals surface area contributed by atoms with Crippen molar-refractivity contribution < 1.29 is 13.2 Å². The first-order chi connectivity index (χ1) is 8.43. The Morgan fingerprint density at radius 2 is 2.17 bits per heavy atom. The van der Waals surface area contributed by atoms with Gasteiger partial charge in [-0.25, -0.2) is 8.42 Å². The van der Waals surface area contributed by atoms with E-state index in [2.05, 4.69) is 5.32 Å². The molecule has 1 unspecified atom stereocenters. The molecule has 2 saturated heterocycles. The van der Waals surface area contributed by atoms with Gasteiger partial charge in [0.05, 0.1) is 10.9 Å². The summed E-state index contributed by atoms with van der Waals surface area (Å²) in [4.78, 5) is 0. The van der Waals surface area contributed by atoms with Crippen LogP contribution in [0.2, 0.25) is 0 Å². The van der Waals surface area contributed by atoms with Crippen LogP contribution in [0.3, 0.4) is 0 Å². The highest BCUT2D eigenvalue weighted by molar-refractivity contribution is 7.90. The molecule has 2 fully saturated rings. The van der Waals surface area contributed by atoms with E-state index in [-0.39, 0.29) is 6.10 Å². The number of hydrogen-bond acceptors (Lipinski definition) is 4. The molecular weight excluding hydrogens is 252 g/mol. The molecule has 0 saturated carbocycles. The Labute approximate surface area is 110 Å². The maximum atomic E-state index is 12.6. The fourth-order valence-electron chi connectivity index (χ4n) is 2.52. The van der Waals surface area contributed by atoms with E-state index in [1.807, 2.05) is 0 Å². The van der Waals surface area contributed by atoms with Gasteiger partial charge in [-0.3, -0.25) is 0 Å². The monoisotopic (exact) mass is 276 g/mol. The van der Waals surface area contributed by atoms with E-state index in [0.717, 1.165) is 32.4 Å². The number of sulfonamides is 1. The molecule has 0 radical (unpaired) electrons. The Morgan fingerprint density at radius 3 is 2.83 bits per heavy atom. The van der Waals surface area contributed by atoms with Crippen LogP contribution in [0.25, 0.3) is 0 Å². The minimum atomic E-state index is -3.25. The summed E-state index contributed by atoms with van der Waals surface area (Å²) >= 11 is 0. The normalized spacial score (nSPS) is 32.9. The van der Waals surface area contributed by atoms with E-state index in [1.165, 1.54) is 0 Å². The maximum absolute atomic E-state index is 12.6. The number of nitrogens with zero attached hydrogens (tertiary/aromatic N) is 1. The SMILES string of the molecule is CC1(C)CNCCN(CC2CCCCO2)S1(=O)=O. The molecule has 0 aromatic heterocycles. The second kappa shape index (κ2) is 5.45. The third-order valence-corrected chi connectivity index (χ3v) is 6.36. The molecule has 0 spiro atoms. The zero-order chi connectivity index (χ0) is 13.2. The molecule has 6 heteroatoms. The molecule has 0 bridgehead atoms. The molecular formula is C12H24N2O3S. The lowest BCUT2D eigenvalue weighted by Gasteiger charge is -2.32. The van der Waals surface area contributed by atoms with Crippen LogP contribution in [-0.2, 0) is 14.8 Å². The third-order valence-electron chi connectivity index (χ3n) is 3.81. The quantitative estimate of drug-likeness (QED) is 0.801. The van der Waals surface area contributed by atoms with Crippen molar-refractivity contribution in [3.63, 3.8) is 0 Å². The number of nitrogens with one attached hydrogen (secondary N) is 1. The second-order valence-corrected chi connectivity index (χ2v) is 8.36. The third kappa shape index (κ3) is 2.87. The molecule has 2 aliphatic rings. The Kier molecular flexibility index (Phi) is 4.31. The van der Waals surface area contributed by atoms with Gasteiger partial charge in [0, 0.05) is 32.8 Å². The summed E-state index contributed by atoms with van der Waals surface area (Å²) in [5, 5.41) is 3.20. The molecule has 0 aliphatic carbocycles. The van der Waals surface area contributed by atoms with Gasteiger partial charge < -0.3 is 10.1 Å². The summed E-state index contributed by atoms with van der Waals surface area (Å²) < 4.78 is 31.6. The molecule has 18 heavy (non-hydrogen) atoms. The van der Waals surface area contributed by atoms with Crippen LogP contribution in [0, 0.1) is 0 Å². The summed E-state index contributed by atoms with van der Waals surface area (Å²) in [5.41, 5.74) is 0. The fraction of sp³-hybridized carbons (Fsp3) is 1.00. The average Bonchev–Trinajstić information content (AvgIpc) is 2.42. The van der Waals surface area contributed by atoms with Crippen molar-refractivity contribution in [2.45, 2.75) is 44.0 Å². The van der Waals surface area contributed by atoms with E-state index >= 15 is 0 Å². The van der Waals surface area contributed by atoms with Gasteiger partial charge in [0.15, 0.2) is 0 Å². The molecule has 5 nitrogen and oxygen atoms in total. The predicted octanol–water partition coefficient (Wildman–Crippen LogP) is 0.569. The Hall–Kier alpha value is -0.170. The van der Waals surface area contributed by atoms with E-state index in [1.54, 1.807) is 18.2 Å². The van der Waals surface area contributed by atoms with Crippen LogP contribution >= 0.6 is 0 Å². The minimum Gasteiger partial charge on any atom is -0.377 e. The van der Waals surface area contributed by atoms with Gasteiger partial charge in [0.25, 0.3) is 0 Å². The molecule has 1 atom stereocenters. The van der Waals surface area contributed by atoms with Gasteiger partial charge in [-0.15, -0.1) is 0 Å². The van der Waals surface area contributed by atoms with Gasteiger partial charge in [-0.05, 0) is 33.1 Å². The first-order valence-electron chi connectivity index (χ1n) is 6.75. The summed E-state index contributed by atoms with van der Waals surface area (Å²) in [6, 6.07) is 0. The van der Waals surface area contributed by atoms with Crippen LogP contribution in [0.1, 0.15) is 33.1 Å². The summed E-state index contributed by atoms with van der Waals surface area (Å²) in [6.45, 7) is 6.62.